The molecule has 0 aromatic carbocycles. The summed E-state index contributed by atoms with van der Waals surface area (Å²) in [7, 11) is 0. The summed E-state index contributed by atoms with van der Waals surface area (Å²) in [6, 6.07) is 2.03. The van der Waals surface area contributed by atoms with Gasteiger partial charge in [0.15, 0.2) is 0 Å². The zero-order valence-corrected chi connectivity index (χ0v) is 9.08. The first-order valence-electron chi connectivity index (χ1n) is 4.87. The lowest BCUT2D eigenvalue weighted by atomic mass is 9.88. The third-order valence-electron chi connectivity index (χ3n) is 2.46. The van der Waals surface area contributed by atoms with Gasteiger partial charge in [-0.15, -0.1) is 0 Å². The predicted molar refractivity (Wildman–Crippen MR) is 53.4 cm³/mol. The van der Waals surface area contributed by atoms with Crippen LogP contribution in [0.2, 0.25) is 0 Å². The Bertz CT molecular complexity index is 235. The quantitative estimate of drug-likeness (QED) is 0.709. The molecule has 0 fully saturated rings. The van der Waals surface area contributed by atoms with E-state index < -0.39 is 5.41 Å². The number of hydrogen-bond donors (Lipinski definition) is 1. The van der Waals surface area contributed by atoms with E-state index in [9.17, 15) is 4.79 Å². The molecule has 14 heavy (non-hydrogen) atoms. The summed E-state index contributed by atoms with van der Waals surface area (Å²) in [6.07, 6.45) is 0.490. The molecule has 1 amide bonds. The minimum Gasteiger partial charge on any atom is -0.395 e. The summed E-state index contributed by atoms with van der Waals surface area (Å²) in [6.45, 7) is 6.04. The zero-order valence-electron chi connectivity index (χ0n) is 9.08. The van der Waals surface area contributed by atoms with Crippen LogP contribution in [0.1, 0.15) is 27.2 Å². The molecular weight excluding hydrogens is 180 g/mol. The highest BCUT2D eigenvalue weighted by atomic mass is 16.3. The molecule has 4 nitrogen and oxygen atoms in total. The Morgan fingerprint density at radius 3 is 2.43 bits per heavy atom. The predicted octanol–water partition coefficient (Wildman–Crippen LogP) is 0.767. The van der Waals surface area contributed by atoms with Crippen molar-refractivity contribution >= 4 is 5.91 Å². The zero-order chi connectivity index (χ0) is 11.2. The number of rotatable bonds is 5. The third-order valence-corrected chi connectivity index (χ3v) is 2.46. The summed E-state index contributed by atoms with van der Waals surface area (Å²) >= 11 is 0. The van der Waals surface area contributed by atoms with Crippen molar-refractivity contribution in [1.29, 1.82) is 5.26 Å². The van der Waals surface area contributed by atoms with Gasteiger partial charge in [-0.25, -0.2) is 0 Å². The van der Waals surface area contributed by atoms with Gasteiger partial charge in [0.25, 0.3) is 0 Å². The SMILES string of the molecule is CCN(CCO)C(=O)C(C)(C#N)CC. The van der Waals surface area contributed by atoms with Crippen molar-refractivity contribution in [2.75, 3.05) is 19.7 Å². The van der Waals surface area contributed by atoms with Gasteiger partial charge in [0, 0.05) is 13.1 Å². The normalized spacial score (nSPS) is 14.2. The minimum atomic E-state index is -0.953. The fourth-order valence-electron chi connectivity index (χ4n) is 1.15. The summed E-state index contributed by atoms with van der Waals surface area (Å²) in [4.78, 5) is 13.3. The minimum absolute atomic E-state index is 0.0647. The lowest BCUT2D eigenvalue weighted by molar-refractivity contribution is -0.138. The summed E-state index contributed by atoms with van der Waals surface area (Å²) in [5.41, 5.74) is -0.953. The topological polar surface area (TPSA) is 64.3 Å². The number of amides is 1. The van der Waals surface area contributed by atoms with Gasteiger partial charge in [-0.1, -0.05) is 6.92 Å². The Morgan fingerprint density at radius 2 is 2.14 bits per heavy atom. The molecule has 0 spiro atoms. The van der Waals surface area contributed by atoms with E-state index in [4.69, 9.17) is 10.4 Å². The van der Waals surface area contributed by atoms with Crippen LogP contribution < -0.4 is 0 Å². The molecule has 4 heteroatoms. The van der Waals surface area contributed by atoms with Gasteiger partial charge in [0.2, 0.25) is 5.91 Å². The molecule has 1 unspecified atom stereocenters. The molecule has 0 saturated heterocycles. The van der Waals surface area contributed by atoms with Crippen LogP contribution >= 0.6 is 0 Å². The molecule has 0 aliphatic rings. The average molecular weight is 198 g/mol. The molecule has 0 bridgehead atoms. The van der Waals surface area contributed by atoms with Gasteiger partial charge in [-0.05, 0) is 20.3 Å². The summed E-state index contributed by atoms with van der Waals surface area (Å²) in [5, 5.41) is 17.7. The maximum Gasteiger partial charge on any atom is 0.242 e. The van der Waals surface area contributed by atoms with Crippen LogP contribution in [0.15, 0.2) is 0 Å². The highest BCUT2D eigenvalue weighted by molar-refractivity contribution is 5.85. The molecule has 1 N–H and O–H groups in total. The lowest BCUT2D eigenvalue weighted by Gasteiger charge is -2.27. The molecule has 0 aliphatic heterocycles. The summed E-state index contributed by atoms with van der Waals surface area (Å²) < 4.78 is 0. The van der Waals surface area contributed by atoms with Crippen LogP contribution in [0.5, 0.6) is 0 Å². The van der Waals surface area contributed by atoms with Gasteiger partial charge in [0.05, 0.1) is 12.7 Å². The highest BCUT2D eigenvalue weighted by Crippen LogP contribution is 2.22. The number of aliphatic hydroxyl groups is 1. The molecule has 0 saturated carbocycles. The van der Waals surface area contributed by atoms with Crippen LogP contribution in [-0.4, -0.2) is 35.6 Å². The Balaban J connectivity index is 4.64. The van der Waals surface area contributed by atoms with Crippen LogP contribution in [0.3, 0.4) is 0 Å². The number of nitriles is 1. The van der Waals surface area contributed by atoms with Crippen molar-refractivity contribution in [3.05, 3.63) is 0 Å². The molecule has 1 atom stereocenters. The first-order chi connectivity index (χ1) is 6.55. The van der Waals surface area contributed by atoms with E-state index in [2.05, 4.69) is 0 Å². The van der Waals surface area contributed by atoms with Gasteiger partial charge in [0.1, 0.15) is 5.41 Å². The van der Waals surface area contributed by atoms with Crippen molar-refractivity contribution in [2.45, 2.75) is 27.2 Å². The van der Waals surface area contributed by atoms with Gasteiger partial charge in [-0.2, -0.15) is 5.26 Å². The van der Waals surface area contributed by atoms with E-state index in [1.54, 1.807) is 6.92 Å². The van der Waals surface area contributed by atoms with Gasteiger partial charge in [-0.3, -0.25) is 4.79 Å². The molecule has 0 radical (unpaired) electrons. The second-order valence-electron chi connectivity index (χ2n) is 3.41. The third kappa shape index (κ3) is 2.71. The maximum absolute atomic E-state index is 11.8. The van der Waals surface area contributed by atoms with E-state index in [0.717, 1.165) is 0 Å². The monoisotopic (exact) mass is 198 g/mol. The van der Waals surface area contributed by atoms with Crippen molar-refractivity contribution < 1.29 is 9.90 Å². The van der Waals surface area contributed by atoms with E-state index in [1.807, 2.05) is 19.9 Å². The number of carbonyl (C=O) groups excluding carboxylic acids is 1. The van der Waals surface area contributed by atoms with Crippen molar-refractivity contribution in [3.8, 4) is 6.07 Å². The maximum atomic E-state index is 11.8. The molecule has 0 aromatic heterocycles. The molecule has 0 aliphatic carbocycles. The Hall–Kier alpha value is -1.08. The molecule has 0 rings (SSSR count). The highest BCUT2D eigenvalue weighted by Gasteiger charge is 2.34. The molecular formula is C10H18N2O2. The van der Waals surface area contributed by atoms with E-state index in [0.29, 0.717) is 19.5 Å². The number of nitrogens with zero attached hydrogens (tertiary/aromatic N) is 2. The number of aliphatic hydroxyl groups excluding tert-OH is 1. The number of likely N-dealkylation sites (N-methyl/N-ethyl adjacent to an activating group) is 1. The van der Waals surface area contributed by atoms with Crippen LogP contribution in [0, 0.1) is 16.7 Å². The largest absolute Gasteiger partial charge is 0.395 e. The fraction of sp³-hybridized carbons (Fsp3) is 0.800. The van der Waals surface area contributed by atoms with Gasteiger partial charge < -0.3 is 10.0 Å². The lowest BCUT2D eigenvalue weighted by Crippen LogP contribution is -2.42. The average Bonchev–Trinajstić information content (AvgIpc) is 2.23. The standard InChI is InChI=1S/C10H18N2O2/c1-4-10(3,8-11)9(14)12(5-2)6-7-13/h13H,4-7H2,1-3H3. The van der Waals surface area contributed by atoms with Crippen LogP contribution in [0.25, 0.3) is 0 Å². The number of hydrogen-bond acceptors (Lipinski definition) is 3. The van der Waals surface area contributed by atoms with Crippen molar-refractivity contribution in [3.63, 3.8) is 0 Å². The Labute approximate surface area is 85.1 Å². The Morgan fingerprint density at radius 1 is 1.57 bits per heavy atom. The van der Waals surface area contributed by atoms with E-state index >= 15 is 0 Å². The first-order valence-corrected chi connectivity index (χ1v) is 4.87. The number of carbonyl (C=O) groups is 1. The molecule has 0 aromatic rings. The first kappa shape index (κ1) is 12.9. The van der Waals surface area contributed by atoms with Crippen LogP contribution in [0.4, 0.5) is 0 Å². The summed E-state index contributed by atoms with van der Waals surface area (Å²) in [5.74, 6) is -0.195. The molecule has 0 heterocycles. The van der Waals surface area contributed by atoms with E-state index in [-0.39, 0.29) is 12.5 Å². The van der Waals surface area contributed by atoms with Crippen molar-refractivity contribution in [1.82, 2.24) is 4.90 Å². The van der Waals surface area contributed by atoms with E-state index in [1.165, 1.54) is 4.90 Å². The Kier molecular flexibility index (Phi) is 5.18. The van der Waals surface area contributed by atoms with Gasteiger partial charge >= 0.3 is 0 Å². The smallest absolute Gasteiger partial charge is 0.242 e. The van der Waals surface area contributed by atoms with Crippen molar-refractivity contribution in [2.24, 2.45) is 5.41 Å². The second kappa shape index (κ2) is 5.61. The second-order valence-corrected chi connectivity index (χ2v) is 3.41. The fourth-order valence-corrected chi connectivity index (χ4v) is 1.15. The molecule has 80 valence electrons. The van der Waals surface area contributed by atoms with Crippen LogP contribution in [-0.2, 0) is 4.79 Å².